The molecule has 3 aromatic carbocycles. The number of fused-ring (bicyclic) bond motifs is 1. The molecule has 6 rings (SSSR count). The van der Waals surface area contributed by atoms with E-state index in [1.165, 1.54) is 34.8 Å². The van der Waals surface area contributed by atoms with Crippen LogP contribution in [0.15, 0.2) is 95.0 Å². The summed E-state index contributed by atoms with van der Waals surface area (Å²) in [6, 6.07) is 27.3. The lowest BCUT2D eigenvalue weighted by Gasteiger charge is -2.35. The molecule has 2 atom stereocenters. The standard InChI is InChI=1S/C33H33N3OS/c1-23-11-10-13-25(19-23)21-35-22-26(28-16-7-9-18-30(28)35)20-31-32(37)36(29-17-8-6-12-24(29)2)33(38-31)34-27-14-4-3-5-15-27/h3-5,7,9-11,13-16,18-20,22,24,29H,6,8,12,17,21H2,1-2H3/b31-20-,34-33?/t24-,29-/m1/s1. The number of thioether (sulfide) groups is 1. The van der Waals surface area contributed by atoms with Gasteiger partial charge in [0.25, 0.3) is 5.91 Å². The van der Waals surface area contributed by atoms with Gasteiger partial charge in [-0.25, -0.2) is 4.99 Å². The average molecular weight is 520 g/mol. The van der Waals surface area contributed by atoms with Gasteiger partial charge < -0.3 is 4.57 Å². The summed E-state index contributed by atoms with van der Waals surface area (Å²) in [5, 5.41) is 1.96. The van der Waals surface area contributed by atoms with Gasteiger partial charge in [-0.15, -0.1) is 0 Å². The Bertz CT molecular complexity index is 1530. The molecule has 1 saturated carbocycles. The molecule has 0 N–H and O–H groups in total. The first kappa shape index (κ1) is 24.7. The fourth-order valence-corrected chi connectivity index (χ4v) is 6.86. The number of hydrogen-bond donors (Lipinski definition) is 0. The zero-order valence-electron chi connectivity index (χ0n) is 22.0. The second-order valence-corrected chi connectivity index (χ2v) is 11.6. The largest absolute Gasteiger partial charge is 0.342 e. The Morgan fingerprint density at radius 3 is 2.58 bits per heavy atom. The third kappa shape index (κ3) is 4.95. The second kappa shape index (κ2) is 10.7. The van der Waals surface area contributed by atoms with Gasteiger partial charge in [-0.05, 0) is 67.3 Å². The van der Waals surface area contributed by atoms with Crippen LogP contribution in [0.2, 0.25) is 0 Å². The molecule has 0 unspecified atom stereocenters. The van der Waals surface area contributed by atoms with Crippen molar-refractivity contribution in [3.05, 3.63) is 107 Å². The SMILES string of the molecule is Cc1cccc(Cn2cc(/C=C3\SC(=Nc4ccccc4)N([C@@H]4CCCC[C@H]4C)C3=O)c3ccccc32)c1. The van der Waals surface area contributed by atoms with Gasteiger partial charge in [0, 0.05) is 35.2 Å². The summed E-state index contributed by atoms with van der Waals surface area (Å²) in [5.74, 6) is 0.545. The lowest BCUT2D eigenvalue weighted by molar-refractivity contribution is -0.124. The van der Waals surface area contributed by atoms with Gasteiger partial charge in [0.05, 0.1) is 10.6 Å². The van der Waals surface area contributed by atoms with E-state index >= 15 is 0 Å². The molecule has 2 fully saturated rings. The minimum atomic E-state index is 0.0824. The van der Waals surface area contributed by atoms with Crippen LogP contribution in [0.1, 0.15) is 49.3 Å². The summed E-state index contributed by atoms with van der Waals surface area (Å²) in [4.78, 5) is 21.7. The fraction of sp³-hybridized carbons (Fsp3) is 0.273. The van der Waals surface area contributed by atoms with Gasteiger partial charge in [0.1, 0.15) is 0 Å². The number of para-hydroxylation sites is 2. The zero-order valence-corrected chi connectivity index (χ0v) is 22.8. The highest BCUT2D eigenvalue weighted by atomic mass is 32.2. The topological polar surface area (TPSA) is 37.6 Å². The molecule has 38 heavy (non-hydrogen) atoms. The Morgan fingerprint density at radius 1 is 0.974 bits per heavy atom. The second-order valence-electron chi connectivity index (χ2n) is 10.6. The lowest BCUT2D eigenvalue weighted by atomic mass is 9.85. The van der Waals surface area contributed by atoms with E-state index in [4.69, 9.17) is 4.99 Å². The monoisotopic (exact) mass is 519 g/mol. The smallest absolute Gasteiger partial charge is 0.267 e. The molecule has 1 aliphatic heterocycles. The number of amides is 1. The van der Waals surface area contributed by atoms with Crippen molar-refractivity contribution in [3.8, 4) is 0 Å². The van der Waals surface area contributed by atoms with Crippen molar-refractivity contribution in [1.82, 2.24) is 9.47 Å². The van der Waals surface area contributed by atoms with Gasteiger partial charge in [0.2, 0.25) is 0 Å². The van der Waals surface area contributed by atoms with Gasteiger partial charge in [0.15, 0.2) is 5.17 Å². The van der Waals surface area contributed by atoms with Crippen molar-refractivity contribution in [3.63, 3.8) is 0 Å². The van der Waals surface area contributed by atoms with Crippen LogP contribution < -0.4 is 0 Å². The summed E-state index contributed by atoms with van der Waals surface area (Å²) in [6.07, 6.45) is 8.85. The van der Waals surface area contributed by atoms with E-state index in [9.17, 15) is 4.79 Å². The van der Waals surface area contributed by atoms with E-state index in [1.807, 2.05) is 35.2 Å². The molecular weight excluding hydrogens is 486 g/mol. The van der Waals surface area contributed by atoms with Crippen molar-refractivity contribution >= 4 is 45.5 Å². The minimum absolute atomic E-state index is 0.0824. The van der Waals surface area contributed by atoms with Crippen LogP contribution in [-0.4, -0.2) is 26.6 Å². The van der Waals surface area contributed by atoms with Crippen LogP contribution >= 0.6 is 11.8 Å². The Labute approximate surface area is 229 Å². The molecular formula is C33H33N3OS. The molecule has 2 aliphatic rings. The average Bonchev–Trinajstić information content (AvgIpc) is 3.42. The van der Waals surface area contributed by atoms with E-state index in [-0.39, 0.29) is 11.9 Å². The van der Waals surface area contributed by atoms with Crippen molar-refractivity contribution < 1.29 is 4.79 Å². The van der Waals surface area contributed by atoms with Crippen LogP contribution in [0, 0.1) is 12.8 Å². The predicted molar refractivity (Wildman–Crippen MR) is 160 cm³/mol. The molecule has 1 saturated heterocycles. The van der Waals surface area contributed by atoms with Crippen LogP contribution in [0.25, 0.3) is 17.0 Å². The molecule has 1 aromatic heterocycles. The summed E-state index contributed by atoms with van der Waals surface area (Å²) in [7, 11) is 0. The molecule has 0 bridgehead atoms. The molecule has 192 valence electrons. The maximum Gasteiger partial charge on any atom is 0.267 e. The van der Waals surface area contributed by atoms with Gasteiger partial charge in [-0.3, -0.25) is 9.69 Å². The number of aryl methyl sites for hydroxylation is 1. The number of hydrogen-bond acceptors (Lipinski definition) is 3. The summed E-state index contributed by atoms with van der Waals surface area (Å²) in [5.41, 5.74) is 5.66. The molecule has 4 aromatic rings. The number of nitrogens with zero attached hydrogens (tertiary/aromatic N) is 3. The van der Waals surface area contributed by atoms with Crippen LogP contribution in [0.3, 0.4) is 0 Å². The van der Waals surface area contributed by atoms with Crippen molar-refractivity contribution in [2.24, 2.45) is 10.9 Å². The Hall–Kier alpha value is -3.57. The summed E-state index contributed by atoms with van der Waals surface area (Å²) in [6.45, 7) is 5.20. The fourth-order valence-electron chi connectivity index (χ4n) is 5.82. The molecule has 0 spiro atoms. The normalized spacial score (nSPS) is 22.2. The maximum atomic E-state index is 14.0. The predicted octanol–water partition coefficient (Wildman–Crippen LogP) is 8.18. The number of aromatic nitrogens is 1. The molecule has 5 heteroatoms. The Morgan fingerprint density at radius 2 is 1.76 bits per heavy atom. The van der Waals surface area contributed by atoms with E-state index in [0.29, 0.717) is 5.92 Å². The number of aliphatic imine (C=N–C) groups is 1. The minimum Gasteiger partial charge on any atom is -0.342 e. The Balaban J connectivity index is 1.40. The molecule has 2 heterocycles. The highest BCUT2D eigenvalue weighted by Crippen LogP contribution is 2.40. The van der Waals surface area contributed by atoms with Crippen LogP contribution in [0.5, 0.6) is 0 Å². The van der Waals surface area contributed by atoms with Crippen molar-refractivity contribution in [1.29, 1.82) is 0 Å². The lowest BCUT2D eigenvalue weighted by Crippen LogP contribution is -2.44. The van der Waals surface area contributed by atoms with Gasteiger partial charge in [-0.1, -0.05) is 86.0 Å². The number of benzene rings is 3. The first-order chi connectivity index (χ1) is 18.6. The number of carbonyl (C=O) groups excluding carboxylic acids is 1. The van der Waals surface area contributed by atoms with E-state index in [1.54, 1.807) is 0 Å². The highest BCUT2D eigenvalue weighted by molar-refractivity contribution is 8.18. The van der Waals surface area contributed by atoms with Gasteiger partial charge in [-0.2, -0.15) is 0 Å². The third-order valence-electron chi connectivity index (χ3n) is 7.76. The zero-order chi connectivity index (χ0) is 26.1. The van der Waals surface area contributed by atoms with Crippen molar-refractivity contribution in [2.45, 2.75) is 52.1 Å². The highest BCUT2D eigenvalue weighted by Gasteiger charge is 2.41. The number of carbonyl (C=O) groups is 1. The van der Waals surface area contributed by atoms with Crippen LogP contribution in [-0.2, 0) is 11.3 Å². The first-order valence-electron chi connectivity index (χ1n) is 13.6. The van der Waals surface area contributed by atoms with E-state index in [2.05, 4.69) is 79.2 Å². The molecule has 4 nitrogen and oxygen atoms in total. The number of rotatable bonds is 5. The first-order valence-corrected chi connectivity index (χ1v) is 14.4. The molecule has 0 radical (unpaired) electrons. The Kier molecular flexibility index (Phi) is 6.94. The maximum absolute atomic E-state index is 14.0. The van der Waals surface area contributed by atoms with E-state index < -0.39 is 0 Å². The van der Waals surface area contributed by atoms with Crippen molar-refractivity contribution in [2.75, 3.05) is 0 Å². The number of amidine groups is 1. The van der Waals surface area contributed by atoms with Gasteiger partial charge >= 0.3 is 0 Å². The summed E-state index contributed by atoms with van der Waals surface area (Å²) >= 11 is 1.51. The third-order valence-corrected chi connectivity index (χ3v) is 8.74. The van der Waals surface area contributed by atoms with E-state index in [0.717, 1.165) is 52.5 Å². The molecule has 1 amide bonds. The summed E-state index contributed by atoms with van der Waals surface area (Å²) < 4.78 is 2.29. The quantitative estimate of drug-likeness (QED) is 0.249. The molecule has 1 aliphatic carbocycles. The van der Waals surface area contributed by atoms with Crippen LogP contribution in [0.4, 0.5) is 5.69 Å².